The molecule has 0 aromatic heterocycles. The summed E-state index contributed by atoms with van der Waals surface area (Å²) in [5, 5.41) is 10.9. The monoisotopic (exact) mass is 373 g/mol. The van der Waals surface area contributed by atoms with Crippen LogP contribution >= 0.6 is 0 Å². The molecular weight excluding hydrogens is 334 g/mol. The Morgan fingerprint density at radius 1 is 0.741 bits per heavy atom. The summed E-state index contributed by atoms with van der Waals surface area (Å²) in [5.74, 6) is 0. The van der Waals surface area contributed by atoms with Crippen LogP contribution in [-0.2, 0) is 6.42 Å². The van der Waals surface area contributed by atoms with Gasteiger partial charge in [0.25, 0.3) is 0 Å². The number of hydrogen-bond donors (Lipinski definition) is 2. The first kappa shape index (κ1) is 23.3. The van der Waals surface area contributed by atoms with Crippen LogP contribution in [0.3, 0.4) is 0 Å². The molecule has 1 amide bonds. The first-order valence-electron chi connectivity index (χ1n) is 10.9. The summed E-state index contributed by atoms with van der Waals surface area (Å²) < 4.78 is 0. The first-order valence-corrected chi connectivity index (χ1v) is 10.9. The van der Waals surface area contributed by atoms with Gasteiger partial charge in [0, 0.05) is 6.54 Å². The lowest BCUT2D eigenvalue weighted by molar-refractivity contribution is 0.194. The van der Waals surface area contributed by atoms with Gasteiger partial charge >= 0.3 is 6.09 Å². The SMILES string of the molecule is O=C(O)NCCCCCCC/C=C\CCCCCCCCc1ccccc1. The second kappa shape index (κ2) is 17.6. The molecule has 0 spiro atoms. The maximum Gasteiger partial charge on any atom is 0.404 e. The zero-order chi connectivity index (χ0) is 19.4. The zero-order valence-electron chi connectivity index (χ0n) is 17.0. The molecule has 0 aliphatic carbocycles. The quantitative estimate of drug-likeness (QED) is 0.225. The summed E-state index contributed by atoms with van der Waals surface area (Å²) in [5.41, 5.74) is 1.47. The number of benzene rings is 1. The van der Waals surface area contributed by atoms with Crippen molar-refractivity contribution in [3.8, 4) is 0 Å². The van der Waals surface area contributed by atoms with E-state index in [4.69, 9.17) is 5.11 Å². The van der Waals surface area contributed by atoms with E-state index in [1.165, 1.54) is 82.6 Å². The highest BCUT2D eigenvalue weighted by atomic mass is 16.4. The number of aryl methyl sites for hydroxylation is 1. The van der Waals surface area contributed by atoms with E-state index < -0.39 is 6.09 Å². The third-order valence-corrected chi connectivity index (χ3v) is 4.92. The van der Waals surface area contributed by atoms with Crippen LogP contribution in [0.1, 0.15) is 89.0 Å². The molecule has 0 aliphatic heterocycles. The van der Waals surface area contributed by atoms with Crippen LogP contribution in [0.4, 0.5) is 4.79 Å². The van der Waals surface area contributed by atoms with E-state index in [-0.39, 0.29) is 0 Å². The third-order valence-electron chi connectivity index (χ3n) is 4.92. The van der Waals surface area contributed by atoms with Crippen LogP contribution in [0, 0.1) is 0 Å². The number of allylic oxidation sites excluding steroid dienone is 2. The average Bonchev–Trinajstić information content (AvgIpc) is 2.67. The van der Waals surface area contributed by atoms with Gasteiger partial charge in [-0.2, -0.15) is 0 Å². The molecule has 0 saturated carbocycles. The Bertz CT molecular complexity index is 484. The molecule has 0 aliphatic rings. The molecule has 3 nitrogen and oxygen atoms in total. The van der Waals surface area contributed by atoms with Gasteiger partial charge in [0.15, 0.2) is 0 Å². The molecule has 3 heteroatoms. The van der Waals surface area contributed by atoms with Gasteiger partial charge in [-0.25, -0.2) is 4.79 Å². The molecule has 0 heterocycles. The van der Waals surface area contributed by atoms with Crippen molar-refractivity contribution in [3.05, 3.63) is 48.0 Å². The fraction of sp³-hybridized carbons (Fsp3) is 0.625. The zero-order valence-corrected chi connectivity index (χ0v) is 17.0. The van der Waals surface area contributed by atoms with E-state index in [0.717, 1.165) is 12.8 Å². The van der Waals surface area contributed by atoms with E-state index in [1.807, 2.05) is 0 Å². The van der Waals surface area contributed by atoms with Crippen molar-refractivity contribution in [1.82, 2.24) is 5.32 Å². The molecule has 27 heavy (non-hydrogen) atoms. The van der Waals surface area contributed by atoms with Gasteiger partial charge < -0.3 is 10.4 Å². The van der Waals surface area contributed by atoms with Crippen LogP contribution in [0.2, 0.25) is 0 Å². The molecule has 2 N–H and O–H groups in total. The van der Waals surface area contributed by atoms with Gasteiger partial charge in [0.05, 0.1) is 0 Å². The molecule has 0 atom stereocenters. The van der Waals surface area contributed by atoms with Gasteiger partial charge in [-0.1, -0.05) is 87.4 Å². The van der Waals surface area contributed by atoms with E-state index in [2.05, 4.69) is 47.8 Å². The maximum absolute atomic E-state index is 10.3. The highest BCUT2D eigenvalue weighted by Crippen LogP contribution is 2.11. The minimum atomic E-state index is -0.914. The van der Waals surface area contributed by atoms with E-state index in [0.29, 0.717) is 6.54 Å². The average molecular weight is 374 g/mol. The number of nitrogens with one attached hydrogen (secondary N) is 1. The largest absolute Gasteiger partial charge is 0.465 e. The maximum atomic E-state index is 10.3. The lowest BCUT2D eigenvalue weighted by Crippen LogP contribution is -2.21. The third kappa shape index (κ3) is 16.1. The minimum absolute atomic E-state index is 0.586. The summed E-state index contributed by atoms with van der Waals surface area (Å²) in [6.45, 7) is 0.586. The van der Waals surface area contributed by atoms with E-state index >= 15 is 0 Å². The number of carboxylic acid groups (broad SMARTS) is 1. The molecule has 1 aromatic rings. The summed E-state index contributed by atoms with van der Waals surface area (Å²) in [6, 6.07) is 10.8. The van der Waals surface area contributed by atoms with E-state index in [9.17, 15) is 4.79 Å². The first-order chi connectivity index (χ1) is 13.3. The lowest BCUT2D eigenvalue weighted by atomic mass is 10.0. The van der Waals surface area contributed by atoms with Crippen molar-refractivity contribution in [3.63, 3.8) is 0 Å². The van der Waals surface area contributed by atoms with Gasteiger partial charge in [0.2, 0.25) is 0 Å². The molecule has 0 radical (unpaired) electrons. The number of carbonyl (C=O) groups is 1. The number of hydrogen-bond acceptors (Lipinski definition) is 1. The van der Waals surface area contributed by atoms with Gasteiger partial charge in [0.1, 0.15) is 0 Å². The molecule has 0 bridgehead atoms. The molecule has 152 valence electrons. The molecule has 1 rings (SSSR count). The number of rotatable bonds is 17. The molecular formula is C24H39NO2. The van der Waals surface area contributed by atoms with Crippen LogP contribution in [0.5, 0.6) is 0 Å². The van der Waals surface area contributed by atoms with Crippen LogP contribution in [-0.4, -0.2) is 17.7 Å². The van der Waals surface area contributed by atoms with Crippen LogP contribution in [0.15, 0.2) is 42.5 Å². The van der Waals surface area contributed by atoms with Gasteiger partial charge in [-0.15, -0.1) is 0 Å². The van der Waals surface area contributed by atoms with Gasteiger partial charge in [-0.05, 0) is 50.5 Å². The lowest BCUT2D eigenvalue weighted by Gasteiger charge is -2.02. The molecule has 0 saturated heterocycles. The highest BCUT2D eigenvalue weighted by Gasteiger charge is 1.95. The van der Waals surface area contributed by atoms with Crippen molar-refractivity contribution >= 4 is 6.09 Å². The Kier molecular flexibility index (Phi) is 15.2. The van der Waals surface area contributed by atoms with E-state index in [1.54, 1.807) is 0 Å². The smallest absolute Gasteiger partial charge is 0.404 e. The Balaban J connectivity index is 1.75. The molecule has 1 aromatic carbocycles. The second-order valence-corrected chi connectivity index (χ2v) is 7.41. The Hall–Kier alpha value is -1.77. The Morgan fingerprint density at radius 3 is 1.85 bits per heavy atom. The standard InChI is InChI=1S/C24H39NO2/c26-24(27)25-22-18-13-11-9-7-5-3-1-2-4-6-8-10-12-15-19-23-20-16-14-17-21-23/h1,3,14,16-17,20-21,25H,2,4-13,15,18-19,22H2,(H,26,27)/b3-1-. The summed E-state index contributed by atoms with van der Waals surface area (Å²) in [4.78, 5) is 10.3. The summed E-state index contributed by atoms with van der Waals surface area (Å²) in [7, 11) is 0. The fourth-order valence-electron chi connectivity index (χ4n) is 3.29. The fourth-order valence-corrected chi connectivity index (χ4v) is 3.29. The van der Waals surface area contributed by atoms with Crippen molar-refractivity contribution in [2.75, 3.05) is 6.54 Å². The molecule has 0 unspecified atom stereocenters. The van der Waals surface area contributed by atoms with Crippen molar-refractivity contribution in [2.45, 2.75) is 89.9 Å². The second-order valence-electron chi connectivity index (χ2n) is 7.41. The number of unbranched alkanes of at least 4 members (excludes halogenated alkanes) is 11. The summed E-state index contributed by atoms with van der Waals surface area (Å²) >= 11 is 0. The normalized spacial score (nSPS) is 11.1. The predicted molar refractivity (Wildman–Crippen MR) is 115 cm³/mol. The summed E-state index contributed by atoms with van der Waals surface area (Å²) in [6.07, 6.45) is 21.3. The van der Waals surface area contributed by atoms with Crippen molar-refractivity contribution < 1.29 is 9.90 Å². The Labute approximate surface area is 166 Å². The highest BCUT2D eigenvalue weighted by molar-refractivity contribution is 5.64. The topological polar surface area (TPSA) is 49.3 Å². The minimum Gasteiger partial charge on any atom is -0.465 e. The number of amides is 1. The van der Waals surface area contributed by atoms with Crippen molar-refractivity contribution in [1.29, 1.82) is 0 Å². The van der Waals surface area contributed by atoms with Crippen molar-refractivity contribution in [2.24, 2.45) is 0 Å². The predicted octanol–water partition coefficient (Wildman–Crippen LogP) is 7.12. The van der Waals surface area contributed by atoms with Crippen LogP contribution in [0.25, 0.3) is 0 Å². The van der Waals surface area contributed by atoms with Crippen LogP contribution < -0.4 is 5.32 Å². The van der Waals surface area contributed by atoms with Gasteiger partial charge in [-0.3, -0.25) is 0 Å². The Morgan fingerprint density at radius 2 is 1.26 bits per heavy atom. The molecule has 0 fully saturated rings.